The zero-order chi connectivity index (χ0) is 25.8. The number of hydrogen-bond acceptors (Lipinski definition) is 7. The van der Waals surface area contributed by atoms with E-state index in [1.165, 1.54) is 11.3 Å². The summed E-state index contributed by atoms with van der Waals surface area (Å²) in [5, 5.41) is 0. The smallest absolute Gasteiger partial charge is 0.338 e. The number of fused-ring (bicyclic) bond motifs is 1. The zero-order valence-corrected chi connectivity index (χ0v) is 21.9. The minimum Gasteiger partial charge on any atom is -0.490 e. The predicted molar refractivity (Wildman–Crippen MR) is 140 cm³/mol. The maximum atomic E-state index is 13.7. The number of carbonyl (C=O) groups excluding carboxylic acids is 1. The third kappa shape index (κ3) is 5.14. The molecule has 0 bridgehead atoms. The van der Waals surface area contributed by atoms with E-state index in [1.807, 2.05) is 75.4 Å². The first-order valence-electron chi connectivity index (χ1n) is 12.0. The third-order valence-corrected chi connectivity index (χ3v) is 6.54. The van der Waals surface area contributed by atoms with Crippen LogP contribution < -0.4 is 24.4 Å². The maximum absolute atomic E-state index is 13.7. The Kier molecular flexibility index (Phi) is 7.74. The van der Waals surface area contributed by atoms with E-state index in [0.717, 1.165) is 11.1 Å². The predicted octanol–water partition coefficient (Wildman–Crippen LogP) is 3.98. The summed E-state index contributed by atoms with van der Waals surface area (Å²) in [7, 11) is 0. The highest BCUT2D eigenvalue weighted by Gasteiger charge is 2.33. The van der Waals surface area contributed by atoms with Gasteiger partial charge in [0.1, 0.15) is 0 Å². The Balaban J connectivity index is 1.87. The summed E-state index contributed by atoms with van der Waals surface area (Å²) in [6, 6.07) is 14.5. The quantitative estimate of drug-likeness (QED) is 0.432. The van der Waals surface area contributed by atoms with Crippen molar-refractivity contribution in [1.82, 2.24) is 4.57 Å². The SMILES string of the molecule is CCOC(=O)C1=C(C)N=c2s/c(=C\c3ccc(OC(C)C)c(OCC)c3)c(=O)n2[C@H]1c1ccccc1. The van der Waals surface area contributed by atoms with E-state index in [0.29, 0.717) is 38.7 Å². The first-order valence-corrected chi connectivity index (χ1v) is 12.8. The summed E-state index contributed by atoms with van der Waals surface area (Å²) in [6.07, 6.45) is 1.82. The van der Waals surface area contributed by atoms with Crippen LogP contribution in [0.25, 0.3) is 6.08 Å². The molecule has 2 aromatic carbocycles. The van der Waals surface area contributed by atoms with Gasteiger partial charge in [0.25, 0.3) is 5.56 Å². The van der Waals surface area contributed by atoms with Crippen LogP contribution in [0.1, 0.15) is 51.8 Å². The number of carbonyl (C=O) groups is 1. The molecule has 0 amide bonds. The Morgan fingerprint density at radius 1 is 1.11 bits per heavy atom. The van der Waals surface area contributed by atoms with Gasteiger partial charge in [0.05, 0.1) is 41.2 Å². The lowest BCUT2D eigenvalue weighted by Crippen LogP contribution is -2.39. The van der Waals surface area contributed by atoms with Crippen molar-refractivity contribution in [2.45, 2.75) is 46.8 Å². The lowest BCUT2D eigenvalue weighted by atomic mass is 9.96. The van der Waals surface area contributed by atoms with Crippen LogP contribution in [-0.4, -0.2) is 29.9 Å². The van der Waals surface area contributed by atoms with E-state index in [4.69, 9.17) is 14.2 Å². The topological polar surface area (TPSA) is 79.1 Å². The fraction of sp³-hybridized carbons (Fsp3) is 0.321. The second kappa shape index (κ2) is 11.0. The monoisotopic (exact) mass is 506 g/mol. The molecular weight excluding hydrogens is 476 g/mol. The molecule has 36 heavy (non-hydrogen) atoms. The highest BCUT2D eigenvalue weighted by atomic mass is 32.1. The number of nitrogens with zero attached hydrogens (tertiary/aromatic N) is 2. The molecule has 7 nitrogen and oxygen atoms in total. The molecular formula is C28H30N2O5S. The molecule has 0 N–H and O–H groups in total. The number of aromatic nitrogens is 1. The standard InChI is InChI=1S/C28H30N2O5S/c1-6-33-22-15-19(13-14-21(22)35-17(3)4)16-23-26(31)30-25(20-11-9-8-10-12-20)24(27(32)34-7-2)18(5)29-28(30)36-23/h8-17,25H,6-7H2,1-5H3/b23-16-/t25-/m0/s1. The highest BCUT2D eigenvalue weighted by molar-refractivity contribution is 7.07. The van der Waals surface area contributed by atoms with Gasteiger partial charge in [-0.05, 0) is 64.0 Å². The molecule has 1 aliphatic heterocycles. The van der Waals surface area contributed by atoms with E-state index in [9.17, 15) is 9.59 Å². The van der Waals surface area contributed by atoms with E-state index < -0.39 is 12.0 Å². The number of allylic oxidation sites excluding steroid dienone is 1. The van der Waals surface area contributed by atoms with Gasteiger partial charge in [-0.1, -0.05) is 47.7 Å². The van der Waals surface area contributed by atoms with Crippen LogP contribution in [0, 0.1) is 0 Å². The minimum absolute atomic E-state index is 0.00793. The van der Waals surface area contributed by atoms with Gasteiger partial charge in [-0.2, -0.15) is 0 Å². The molecule has 4 rings (SSSR count). The number of ether oxygens (including phenoxy) is 3. The summed E-state index contributed by atoms with van der Waals surface area (Å²) >= 11 is 1.29. The van der Waals surface area contributed by atoms with E-state index in [2.05, 4.69) is 4.99 Å². The third-order valence-electron chi connectivity index (χ3n) is 5.56. The Hall–Kier alpha value is -3.65. The van der Waals surface area contributed by atoms with Gasteiger partial charge in [0.15, 0.2) is 16.3 Å². The van der Waals surface area contributed by atoms with E-state index in [-0.39, 0.29) is 18.3 Å². The Bertz CT molecular complexity index is 1470. The molecule has 0 aliphatic carbocycles. The van der Waals surface area contributed by atoms with Crippen LogP contribution in [-0.2, 0) is 9.53 Å². The minimum atomic E-state index is -0.621. The van der Waals surface area contributed by atoms with Gasteiger partial charge < -0.3 is 14.2 Å². The van der Waals surface area contributed by atoms with Crippen molar-refractivity contribution in [3.8, 4) is 11.5 Å². The molecule has 0 saturated carbocycles. The van der Waals surface area contributed by atoms with Crippen molar-refractivity contribution in [2.75, 3.05) is 13.2 Å². The van der Waals surface area contributed by atoms with Crippen molar-refractivity contribution < 1.29 is 19.0 Å². The molecule has 0 spiro atoms. The van der Waals surface area contributed by atoms with Crippen LogP contribution >= 0.6 is 11.3 Å². The Morgan fingerprint density at radius 2 is 1.86 bits per heavy atom. The molecule has 2 heterocycles. The number of esters is 1. The Labute approximate surface area is 214 Å². The van der Waals surface area contributed by atoms with E-state index in [1.54, 1.807) is 18.4 Å². The van der Waals surface area contributed by atoms with Crippen molar-refractivity contribution >= 4 is 23.4 Å². The van der Waals surface area contributed by atoms with Crippen molar-refractivity contribution in [3.05, 3.63) is 90.6 Å². The number of rotatable bonds is 8. The summed E-state index contributed by atoms with van der Waals surface area (Å²) in [6.45, 7) is 10.1. The molecule has 0 unspecified atom stereocenters. The van der Waals surface area contributed by atoms with Gasteiger partial charge in [0.2, 0.25) is 0 Å². The van der Waals surface area contributed by atoms with Gasteiger partial charge in [-0.15, -0.1) is 0 Å². The lowest BCUT2D eigenvalue weighted by Gasteiger charge is -2.24. The van der Waals surface area contributed by atoms with Crippen molar-refractivity contribution in [1.29, 1.82) is 0 Å². The second-order valence-electron chi connectivity index (χ2n) is 8.52. The fourth-order valence-electron chi connectivity index (χ4n) is 4.13. The molecule has 1 aliphatic rings. The lowest BCUT2D eigenvalue weighted by molar-refractivity contribution is -0.139. The summed E-state index contributed by atoms with van der Waals surface area (Å²) in [4.78, 5) is 31.8. The first-order chi connectivity index (χ1) is 17.3. The molecule has 0 saturated heterocycles. The van der Waals surface area contributed by atoms with Crippen LogP contribution in [0.5, 0.6) is 11.5 Å². The highest BCUT2D eigenvalue weighted by Crippen LogP contribution is 2.31. The van der Waals surface area contributed by atoms with Gasteiger partial charge in [0, 0.05) is 0 Å². The average Bonchev–Trinajstić information content (AvgIpc) is 3.14. The molecule has 188 valence electrons. The van der Waals surface area contributed by atoms with Gasteiger partial charge >= 0.3 is 5.97 Å². The van der Waals surface area contributed by atoms with Gasteiger partial charge in [-0.25, -0.2) is 9.79 Å². The van der Waals surface area contributed by atoms with Crippen LogP contribution in [0.15, 0.2) is 69.6 Å². The van der Waals surface area contributed by atoms with Crippen molar-refractivity contribution in [2.24, 2.45) is 4.99 Å². The second-order valence-corrected chi connectivity index (χ2v) is 9.53. The molecule has 3 aromatic rings. The van der Waals surface area contributed by atoms with Crippen LogP contribution in [0.4, 0.5) is 0 Å². The molecule has 0 radical (unpaired) electrons. The number of benzene rings is 2. The fourth-order valence-corrected chi connectivity index (χ4v) is 5.17. The van der Waals surface area contributed by atoms with Crippen LogP contribution in [0.3, 0.4) is 0 Å². The maximum Gasteiger partial charge on any atom is 0.338 e. The average molecular weight is 507 g/mol. The summed E-state index contributed by atoms with van der Waals surface area (Å²) in [5.41, 5.74) is 2.32. The summed E-state index contributed by atoms with van der Waals surface area (Å²) in [5.74, 6) is 0.809. The number of thiazole rings is 1. The summed E-state index contributed by atoms with van der Waals surface area (Å²) < 4.78 is 19.1. The Morgan fingerprint density at radius 3 is 2.53 bits per heavy atom. The molecule has 0 fully saturated rings. The van der Waals surface area contributed by atoms with E-state index >= 15 is 0 Å². The molecule has 8 heteroatoms. The molecule has 1 atom stereocenters. The normalized spacial score (nSPS) is 15.5. The van der Waals surface area contributed by atoms with Crippen LogP contribution in [0.2, 0.25) is 0 Å². The first kappa shape index (κ1) is 25.4. The zero-order valence-electron chi connectivity index (χ0n) is 21.1. The molecule has 1 aromatic heterocycles. The van der Waals surface area contributed by atoms with Crippen molar-refractivity contribution in [3.63, 3.8) is 0 Å². The van der Waals surface area contributed by atoms with Gasteiger partial charge in [-0.3, -0.25) is 9.36 Å². The largest absolute Gasteiger partial charge is 0.490 e. The number of hydrogen-bond donors (Lipinski definition) is 0.